The molecule has 5 rings (SSSR count). The van der Waals surface area contributed by atoms with Crippen molar-refractivity contribution in [2.24, 2.45) is 35.3 Å². The number of rotatable bonds is 30. The van der Waals surface area contributed by atoms with Crippen LogP contribution in [-0.2, 0) is 85.3 Å². The van der Waals surface area contributed by atoms with Gasteiger partial charge in [-0.15, -0.1) is 0 Å². The number of fused-ring (bicyclic) bond motifs is 5. The summed E-state index contributed by atoms with van der Waals surface area (Å²) in [6.45, 7) is 4.85. The summed E-state index contributed by atoms with van der Waals surface area (Å²) >= 11 is 1.51. The number of carbonyl (C=O) groups excluding carboxylic acids is 12. The molecule has 1 fully saturated rings. The van der Waals surface area contributed by atoms with Gasteiger partial charge in [-0.05, 0) is 74.3 Å². The highest BCUT2D eigenvalue weighted by atomic mass is 32.2. The number of aromatic amines is 1. The molecule has 32 heteroatoms. The van der Waals surface area contributed by atoms with Crippen LogP contribution in [0.5, 0.6) is 5.75 Å². The average Bonchev–Trinajstić information content (AvgIpc) is 1.61. The van der Waals surface area contributed by atoms with Crippen molar-refractivity contribution in [3.05, 3.63) is 23.3 Å². The van der Waals surface area contributed by atoms with Gasteiger partial charge in [0.1, 0.15) is 28.9 Å². The SMILES string of the molecule is CC[C@H](C)[C@@H]1CC(=O)CNC(=O)[C@H]2CC(=O)[C@H]([C@@H](C)[C@@H](O)CO)NC(=O)[C@@H]3C[C@@H](O)CN3C(=O)[C@H](CC(N)=O)NC(=O)[C@H](CS(=O)c3[nH]c4c(CSCCCCNC(=O)CCCCCNC(=O)CCCCCNC(=O)CC(C)C(=O)O)c(OC)ccc4c3C2)NC(=O)CNC1=O. The third kappa shape index (κ3) is 24.2. The van der Waals surface area contributed by atoms with E-state index in [9.17, 15) is 72.9 Å². The van der Waals surface area contributed by atoms with Crippen molar-refractivity contribution < 1.29 is 91.7 Å². The van der Waals surface area contributed by atoms with Crippen LogP contribution in [0.3, 0.4) is 0 Å². The number of aromatic nitrogens is 1. The minimum atomic E-state index is -2.41. The van der Waals surface area contributed by atoms with Gasteiger partial charge in [-0.25, -0.2) is 0 Å². The zero-order valence-electron chi connectivity index (χ0n) is 55.4. The Morgan fingerprint density at radius 2 is 1.43 bits per heavy atom. The third-order valence-corrected chi connectivity index (χ3v) is 20.2. The van der Waals surface area contributed by atoms with Crippen LogP contribution < -0.4 is 53.0 Å². The fraction of sp³-hybridized carbons (Fsp3) is 0.672. The molecule has 1 aromatic heterocycles. The second-order valence-corrected chi connectivity index (χ2v) is 27.6. The monoisotopic (exact) mass is 1390 g/mol. The normalized spacial score (nSPS) is 23.2. The molecule has 10 amide bonds. The number of hydrogen-bond donors (Lipinski definition) is 14. The first-order valence-electron chi connectivity index (χ1n) is 32.9. The smallest absolute Gasteiger partial charge is 0.306 e. The fourth-order valence-corrected chi connectivity index (χ4v) is 14.1. The lowest BCUT2D eigenvalue weighted by Gasteiger charge is -2.32. The molecule has 3 aliphatic heterocycles. The average molecular weight is 1390 g/mol. The predicted molar refractivity (Wildman–Crippen MR) is 352 cm³/mol. The first-order chi connectivity index (χ1) is 45.7. The number of nitrogens with two attached hydrogens (primary N) is 1. The van der Waals surface area contributed by atoms with Gasteiger partial charge >= 0.3 is 5.97 Å². The van der Waals surface area contributed by atoms with Gasteiger partial charge < -0.3 is 83.3 Å². The number of carboxylic acids is 1. The van der Waals surface area contributed by atoms with E-state index in [0.717, 1.165) is 17.7 Å². The van der Waals surface area contributed by atoms with E-state index in [1.54, 1.807) is 26.0 Å². The first-order valence-corrected chi connectivity index (χ1v) is 35.4. The number of amides is 10. The Labute approximate surface area is 564 Å². The molecule has 2 aromatic rings. The van der Waals surface area contributed by atoms with E-state index in [2.05, 4.69) is 47.5 Å². The van der Waals surface area contributed by atoms with Gasteiger partial charge in [0.25, 0.3) is 0 Å². The number of benzene rings is 1. The number of ether oxygens (including phenoxy) is 1. The largest absolute Gasteiger partial charge is 0.496 e. The first kappa shape index (κ1) is 79.1. The number of thioether (sulfide) groups is 1. The molecular weight excluding hydrogens is 1290 g/mol. The Hall–Kier alpha value is -7.55. The van der Waals surface area contributed by atoms with E-state index in [1.807, 2.05) is 0 Å². The zero-order valence-corrected chi connectivity index (χ0v) is 57.0. The highest BCUT2D eigenvalue weighted by Gasteiger charge is 2.45. The van der Waals surface area contributed by atoms with Crippen LogP contribution in [0.25, 0.3) is 10.9 Å². The zero-order chi connectivity index (χ0) is 70.8. The lowest BCUT2D eigenvalue weighted by molar-refractivity contribution is -0.144. The number of nitrogens with one attached hydrogen (secondary N) is 9. The van der Waals surface area contributed by atoms with Crippen molar-refractivity contribution in [3.8, 4) is 5.75 Å². The van der Waals surface area contributed by atoms with Gasteiger partial charge in [-0.1, -0.05) is 47.0 Å². The van der Waals surface area contributed by atoms with Crippen molar-refractivity contribution in [3.63, 3.8) is 0 Å². The summed E-state index contributed by atoms with van der Waals surface area (Å²) in [7, 11) is -0.969. The molecule has 12 atom stereocenters. The highest BCUT2D eigenvalue weighted by molar-refractivity contribution is 7.98. The van der Waals surface area contributed by atoms with Crippen molar-refractivity contribution >= 4 is 110 Å². The fourth-order valence-electron chi connectivity index (χ4n) is 11.7. The Morgan fingerprint density at radius 1 is 0.792 bits per heavy atom. The summed E-state index contributed by atoms with van der Waals surface area (Å²) in [6, 6.07) is -3.68. The molecule has 0 radical (unpaired) electrons. The van der Waals surface area contributed by atoms with Crippen LogP contribution in [0.2, 0.25) is 0 Å². The Kier molecular flexibility index (Phi) is 32.7. The summed E-state index contributed by atoms with van der Waals surface area (Å²) in [5, 5.41) is 62.4. The summed E-state index contributed by atoms with van der Waals surface area (Å²) in [5.74, 6) is -14.4. The molecule has 2 bridgehead atoms. The van der Waals surface area contributed by atoms with Crippen LogP contribution >= 0.6 is 11.8 Å². The maximum absolute atomic E-state index is 15.4. The van der Waals surface area contributed by atoms with Gasteiger partial charge in [-0.2, -0.15) is 11.8 Å². The second-order valence-electron chi connectivity index (χ2n) is 25.1. The molecule has 96 heavy (non-hydrogen) atoms. The molecule has 1 saturated heterocycles. The number of aliphatic hydroxyl groups is 3. The van der Waals surface area contributed by atoms with Gasteiger partial charge in [0.05, 0.1) is 79.5 Å². The number of hydrogen-bond acceptors (Lipinski definition) is 19. The number of aliphatic hydroxyl groups excluding tert-OH is 3. The lowest BCUT2D eigenvalue weighted by Crippen LogP contribution is -2.60. The number of carbonyl (C=O) groups is 13. The standard InChI is InChI=1S/C64H97N11O19S2/c1-6-35(2)42-26-39(77)29-69-58(86)38-24-43-41-17-18-50(94-5)44(33-95-22-14-13-21-67-53(83)16-9-7-11-19-66-52(82)15-10-8-12-20-68-54(84)23-36(3)64(91)92)57(41)74-62(43)96(93)34-46(71-55(85)30-70-59(42)87)60(88)72-45(28-51(65)81)63(90)75-31-40(78)27-47(75)61(89)73-56(48(79)25-38)37(4)49(80)32-76/h17-18,35-38,40,42,45-47,49,56,74,76,78,80H,6-16,19-34H2,1-5H3,(H2,65,81)(H,66,82)(H,67,83)(H,68,84)(H,69,86)(H,70,87)(H,71,85)(H,72,88)(H,73,89)(H,91,92)/t35-,36?,37-,38+,40+,42-,45-,46-,47-,49-,56-,96?/m0/s1. The van der Waals surface area contributed by atoms with E-state index >= 15 is 9.00 Å². The third-order valence-electron chi connectivity index (χ3n) is 17.6. The molecule has 0 aliphatic carbocycles. The van der Waals surface area contributed by atoms with Crippen LogP contribution in [0, 0.1) is 29.6 Å². The van der Waals surface area contributed by atoms with Gasteiger partial charge in [-0.3, -0.25) is 66.5 Å². The highest BCUT2D eigenvalue weighted by Crippen LogP contribution is 2.37. The maximum atomic E-state index is 15.4. The summed E-state index contributed by atoms with van der Waals surface area (Å²) in [5.41, 5.74) is 6.74. The topological polar surface area (TPSA) is 470 Å². The molecule has 2 unspecified atom stereocenters. The van der Waals surface area contributed by atoms with E-state index in [4.69, 9.17) is 15.6 Å². The number of methoxy groups -OCH3 is 1. The van der Waals surface area contributed by atoms with E-state index < -0.39 is 193 Å². The number of carboxylic acid groups (broad SMARTS) is 1. The number of primary amides is 1. The molecule has 4 heterocycles. The predicted octanol–water partition coefficient (Wildman–Crippen LogP) is -0.842. The van der Waals surface area contributed by atoms with Crippen LogP contribution in [-0.4, -0.2) is 212 Å². The molecule has 1 aromatic carbocycles. The Balaban J connectivity index is 1.39. The van der Waals surface area contributed by atoms with Crippen molar-refractivity contribution in [1.82, 2.24) is 52.4 Å². The number of aliphatic carboxylic acids is 1. The van der Waals surface area contributed by atoms with Crippen LogP contribution in [0.1, 0.15) is 142 Å². The minimum Gasteiger partial charge on any atom is -0.496 e. The van der Waals surface area contributed by atoms with E-state index in [1.165, 1.54) is 32.7 Å². The molecule has 15 N–H and O–H groups in total. The Morgan fingerprint density at radius 3 is 2.04 bits per heavy atom. The van der Waals surface area contributed by atoms with Crippen molar-refractivity contribution in [2.45, 2.75) is 184 Å². The molecule has 534 valence electrons. The van der Waals surface area contributed by atoms with E-state index in [-0.39, 0.29) is 46.9 Å². The Bertz CT molecular complexity index is 3130. The molecule has 0 spiro atoms. The van der Waals surface area contributed by atoms with Crippen LogP contribution in [0.15, 0.2) is 17.2 Å². The lowest BCUT2D eigenvalue weighted by atomic mass is 9.85. The summed E-state index contributed by atoms with van der Waals surface area (Å²) in [4.78, 5) is 180. The maximum Gasteiger partial charge on any atom is 0.306 e. The number of nitrogens with zero attached hydrogens (tertiary/aromatic N) is 1. The van der Waals surface area contributed by atoms with Crippen molar-refractivity contribution in [1.29, 1.82) is 0 Å². The number of ketones is 2. The van der Waals surface area contributed by atoms with E-state index in [0.29, 0.717) is 105 Å². The molecule has 30 nitrogen and oxygen atoms in total. The minimum absolute atomic E-state index is 0.0830. The summed E-state index contributed by atoms with van der Waals surface area (Å²) in [6.07, 6.45) is 0.536. The van der Waals surface area contributed by atoms with Gasteiger partial charge in [0, 0.05) is 99.2 Å². The van der Waals surface area contributed by atoms with Crippen LogP contribution in [0.4, 0.5) is 0 Å². The number of unbranched alkanes of at least 4 members (excludes halogenated alkanes) is 5. The molecule has 0 saturated carbocycles. The second kappa shape index (κ2) is 39.6. The molecular formula is C64H97N11O19S2. The number of H-pyrrole nitrogens is 1. The van der Waals surface area contributed by atoms with Gasteiger partial charge in [0.15, 0.2) is 11.6 Å². The quantitative estimate of drug-likeness (QED) is 0.0424. The van der Waals surface area contributed by atoms with Gasteiger partial charge in [0.2, 0.25) is 59.1 Å². The molecule has 3 aliphatic rings. The summed E-state index contributed by atoms with van der Waals surface area (Å²) < 4.78 is 21.2. The number of Topliss-reactive ketones (excluding diaryl/α,β-unsaturated/α-hetero) is 2. The van der Waals surface area contributed by atoms with Crippen molar-refractivity contribution in [2.75, 3.05) is 64.5 Å².